The van der Waals surface area contributed by atoms with Gasteiger partial charge < -0.3 is 29.7 Å². The van der Waals surface area contributed by atoms with Crippen LogP contribution in [0.2, 0.25) is 0 Å². The van der Waals surface area contributed by atoms with Crippen molar-refractivity contribution in [3.63, 3.8) is 0 Å². The van der Waals surface area contributed by atoms with Crippen molar-refractivity contribution >= 4 is 39.8 Å². The summed E-state index contributed by atoms with van der Waals surface area (Å²) in [5, 5.41) is 11.0. The molecule has 9 nitrogen and oxygen atoms in total. The Morgan fingerprint density at radius 3 is 2.84 bits per heavy atom. The van der Waals surface area contributed by atoms with Crippen molar-refractivity contribution in [1.29, 1.82) is 0 Å². The summed E-state index contributed by atoms with van der Waals surface area (Å²) < 4.78 is 25.0. The number of anilines is 4. The lowest BCUT2D eigenvalue weighted by atomic mass is 10.1. The number of ether oxygens (including phenoxy) is 1. The smallest absolute Gasteiger partial charge is 0.247 e. The van der Waals surface area contributed by atoms with Gasteiger partial charge in [-0.2, -0.15) is 0 Å². The van der Waals surface area contributed by atoms with Gasteiger partial charge in [-0.25, -0.2) is 9.37 Å². The van der Waals surface area contributed by atoms with E-state index in [0.717, 1.165) is 25.2 Å². The Bertz CT molecular complexity index is 1500. The molecule has 10 heteroatoms. The van der Waals surface area contributed by atoms with E-state index in [0.29, 0.717) is 51.2 Å². The summed E-state index contributed by atoms with van der Waals surface area (Å²) in [6.07, 6.45) is 3.80. The van der Waals surface area contributed by atoms with E-state index in [1.807, 2.05) is 19.2 Å². The SMILES string of the molecule is C=CC(=O)Nc1cc(Nc2cc3c(-c4cccc(F)c4)noc3cn2)c(OC)cc1N(C)C1CCN(C)C1. The largest absolute Gasteiger partial charge is 0.494 e. The van der Waals surface area contributed by atoms with Crippen LogP contribution >= 0.6 is 0 Å². The van der Waals surface area contributed by atoms with Crippen LogP contribution < -0.4 is 20.3 Å². The summed E-state index contributed by atoms with van der Waals surface area (Å²) in [5.74, 6) is 0.394. The minimum absolute atomic E-state index is 0.293. The maximum atomic E-state index is 13.8. The van der Waals surface area contributed by atoms with Crippen LogP contribution in [0.5, 0.6) is 5.75 Å². The molecule has 1 fully saturated rings. The molecule has 196 valence electrons. The molecule has 5 rings (SSSR count). The van der Waals surface area contributed by atoms with E-state index in [1.54, 1.807) is 31.5 Å². The van der Waals surface area contributed by atoms with Gasteiger partial charge in [0.2, 0.25) is 5.91 Å². The Morgan fingerprint density at radius 2 is 2.13 bits per heavy atom. The molecule has 1 atom stereocenters. The lowest BCUT2D eigenvalue weighted by molar-refractivity contribution is -0.111. The third-order valence-electron chi connectivity index (χ3n) is 6.77. The molecule has 0 radical (unpaired) electrons. The van der Waals surface area contributed by atoms with E-state index < -0.39 is 0 Å². The fraction of sp³-hybridized carbons (Fsp3) is 0.250. The molecule has 0 spiro atoms. The number of hydrogen-bond acceptors (Lipinski definition) is 8. The molecule has 2 aromatic heterocycles. The summed E-state index contributed by atoms with van der Waals surface area (Å²) in [5.41, 5.74) is 3.62. The van der Waals surface area contributed by atoms with E-state index in [4.69, 9.17) is 9.26 Å². The van der Waals surface area contributed by atoms with Crippen molar-refractivity contribution in [3.8, 4) is 17.0 Å². The van der Waals surface area contributed by atoms with Gasteiger partial charge >= 0.3 is 0 Å². The van der Waals surface area contributed by atoms with Crippen molar-refractivity contribution < 1.29 is 18.4 Å². The molecule has 2 N–H and O–H groups in total. The number of likely N-dealkylation sites (tertiary alicyclic amines) is 1. The standard InChI is InChI=1S/C28H29FN6O3/c1-5-27(36)32-21-13-22(24(37-4)14-23(21)35(3)19-9-10-34(2)16-19)31-26-12-20-25(15-30-26)38-33-28(20)17-7-6-8-18(29)11-17/h5-8,11-15,19H,1,9-10,16H2,2-4H3,(H,30,31)(H,32,36). The quantitative estimate of drug-likeness (QED) is 0.314. The minimum Gasteiger partial charge on any atom is -0.494 e. The Kier molecular flexibility index (Phi) is 6.97. The van der Waals surface area contributed by atoms with Crippen molar-refractivity contribution in [3.05, 3.63) is 67.1 Å². The highest BCUT2D eigenvalue weighted by molar-refractivity contribution is 6.02. The number of pyridine rings is 1. The number of rotatable bonds is 8. The second-order valence-electron chi connectivity index (χ2n) is 9.31. The Balaban J connectivity index is 1.52. The molecule has 4 aromatic rings. The number of amides is 1. The van der Waals surface area contributed by atoms with Gasteiger partial charge in [0.15, 0.2) is 5.58 Å². The van der Waals surface area contributed by atoms with Gasteiger partial charge in [-0.1, -0.05) is 23.9 Å². The van der Waals surface area contributed by atoms with E-state index in [1.165, 1.54) is 18.2 Å². The number of methoxy groups -OCH3 is 1. The van der Waals surface area contributed by atoms with Crippen molar-refractivity contribution in [1.82, 2.24) is 15.0 Å². The highest BCUT2D eigenvalue weighted by Crippen LogP contribution is 2.40. The second-order valence-corrected chi connectivity index (χ2v) is 9.31. The lowest BCUT2D eigenvalue weighted by Crippen LogP contribution is -2.34. The first-order chi connectivity index (χ1) is 18.4. The number of halogens is 1. The maximum absolute atomic E-state index is 13.8. The maximum Gasteiger partial charge on any atom is 0.247 e. The number of likely N-dealkylation sites (N-methyl/N-ethyl adjacent to an activating group) is 2. The average Bonchev–Trinajstić information content (AvgIpc) is 3.54. The summed E-state index contributed by atoms with van der Waals surface area (Å²) in [6.45, 7) is 5.51. The molecule has 2 aromatic carbocycles. The first-order valence-corrected chi connectivity index (χ1v) is 12.2. The zero-order valence-corrected chi connectivity index (χ0v) is 21.5. The zero-order chi connectivity index (χ0) is 26.8. The third-order valence-corrected chi connectivity index (χ3v) is 6.77. The molecule has 1 saturated heterocycles. The number of fused-ring (bicyclic) bond motifs is 1. The van der Waals surface area contributed by atoms with Gasteiger partial charge in [0.05, 0.1) is 35.8 Å². The van der Waals surface area contributed by atoms with Gasteiger partial charge in [-0.05, 0) is 50.4 Å². The molecule has 1 unspecified atom stereocenters. The minimum atomic E-state index is -0.362. The van der Waals surface area contributed by atoms with Crippen molar-refractivity contribution in [2.45, 2.75) is 12.5 Å². The Labute approximate surface area is 219 Å². The number of nitrogens with one attached hydrogen (secondary N) is 2. The Morgan fingerprint density at radius 1 is 1.29 bits per heavy atom. The van der Waals surface area contributed by atoms with Gasteiger partial charge in [0.1, 0.15) is 23.1 Å². The average molecular weight is 517 g/mol. The van der Waals surface area contributed by atoms with Crippen molar-refractivity contribution in [2.75, 3.05) is 49.8 Å². The predicted molar refractivity (Wildman–Crippen MR) is 147 cm³/mol. The van der Waals surface area contributed by atoms with Crippen LogP contribution in [0.1, 0.15) is 6.42 Å². The van der Waals surface area contributed by atoms with Crippen LogP contribution in [0.3, 0.4) is 0 Å². The monoisotopic (exact) mass is 516 g/mol. The van der Waals surface area contributed by atoms with Crippen molar-refractivity contribution in [2.24, 2.45) is 0 Å². The van der Waals surface area contributed by atoms with Crippen LogP contribution in [-0.2, 0) is 4.79 Å². The number of aromatic nitrogens is 2. The highest BCUT2D eigenvalue weighted by atomic mass is 19.1. The zero-order valence-electron chi connectivity index (χ0n) is 21.5. The van der Waals surface area contributed by atoms with E-state index in [2.05, 4.69) is 44.2 Å². The first kappa shape index (κ1) is 25.2. The lowest BCUT2D eigenvalue weighted by Gasteiger charge is -2.29. The van der Waals surface area contributed by atoms with Crippen LogP contribution in [0.4, 0.5) is 27.3 Å². The van der Waals surface area contributed by atoms with Gasteiger partial charge in [-0.3, -0.25) is 4.79 Å². The normalized spacial score (nSPS) is 15.4. The van der Waals surface area contributed by atoms with Crippen LogP contribution in [0.15, 0.2) is 65.8 Å². The fourth-order valence-electron chi connectivity index (χ4n) is 4.73. The van der Waals surface area contributed by atoms with E-state index >= 15 is 0 Å². The predicted octanol–water partition coefficient (Wildman–Crippen LogP) is 5.05. The summed E-state index contributed by atoms with van der Waals surface area (Å²) in [7, 11) is 5.71. The number of carbonyl (C=O) groups is 1. The molecule has 3 heterocycles. The van der Waals surface area contributed by atoms with Crippen LogP contribution in [0.25, 0.3) is 22.2 Å². The molecule has 1 aliphatic rings. The van der Waals surface area contributed by atoms with E-state index in [-0.39, 0.29) is 11.7 Å². The third kappa shape index (κ3) is 5.03. The summed E-state index contributed by atoms with van der Waals surface area (Å²) in [6, 6.07) is 12.0. The highest BCUT2D eigenvalue weighted by Gasteiger charge is 2.26. The Hall–Kier alpha value is -4.44. The number of carbonyl (C=O) groups excluding carboxylic acids is 1. The molecule has 0 saturated carbocycles. The molecular formula is C28H29FN6O3. The summed E-state index contributed by atoms with van der Waals surface area (Å²) >= 11 is 0. The molecule has 38 heavy (non-hydrogen) atoms. The second kappa shape index (κ2) is 10.5. The molecule has 1 aliphatic heterocycles. The number of nitrogens with zero attached hydrogens (tertiary/aromatic N) is 4. The van der Waals surface area contributed by atoms with E-state index in [9.17, 15) is 9.18 Å². The van der Waals surface area contributed by atoms with Gasteiger partial charge in [-0.15, -0.1) is 0 Å². The molecule has 0 aliphatic carbocycles. The first-order valence-electron chi connectivity index (χ1n) is 12.2. The van der Waals surface area contributed by atoms with Gasteiger partial charge in [0.25, 0.3) is 0 Å². The molecule has 0 bridgehead atoms. The van der Waals surface area contributed by atoms with Crippen LogP contribution in [-0.4, -0.2) is 61.3 Å². The number of hydrogen-bond donors (Lipinski definition) is 2. The van der Waals surface area contributed by atoms with Gasteiger partial charge in [0, 0.05) is 31.3 Å². The van der Waals surface area contributed by atoms with Crippen LogP contribution in [0, 0.1) is 5.82 Å². The topological polar surface area (TPSA) is 95.8 Å². The summed E-state index contributed by atoms with van der Waals surface area (Å²) in [4.78, 5) is 21.2. The molecular weight excluding hydrogens is 487 g/mol. The fourth-order valence-corrected chi connectivity index (χ4v) is 4.73. The molecule has 1 amide bonds. The number of benzene rings is 2.